The van der Waals surface area contributed by atoms with Gasteiger partial charge < -0.3 is 23.9 Å². The standard InChI is InChI=1S/C26H23NO6/c1-3-14-32-20-12-8-18(9-13-20)24(28)22-23(17-6-10-19(31-2)11-7-17)27(26(30)25(22)29)16-21-5-4-15-33-21/h3-13,15,23,28H,1,14,16H2,2H3/b24-22+. The Hall–Kier alpha value is -4.26. The molecule has 0 radical (unpaired) electrons. The van der Waals surface area contributed by atoms with E-state index in [1.54, 1.807) is 73.8 Å². The van der Waals surface area contributed by atoms with E-state index in [1.807, 2.05) is 0 Å². The molecule has 33 heavy (non-hydrogen) atoms. The number of aliphatic hydroxyl groups is 1. The van der Waals surface area contributed by atoms with Gasteiger partial charge in [0.1, 0.15) is 29.6 Å². The maximum atomic E-state index is 13.1. The molecule has 168 valence electrons. The molecule has 7 nitrogen and oxygen atoms in total. The second-order valence-electron chi connectivity index (χ2n) is 7.40. The zero-order valence-corrected chi connectivity index (χ0v) is 18.1. The van der Waals surface area contributed by atoms with Crippen LogP contribution < -0.4 is 9.47 Å². The lowest BCUT2D eigenvalue weighted by molar-refractivity contribution is -0.140. The molecule has 0 saturated carbocycles. The number of hydrogen-bond acceptors (Lipinski definition) is 6. The van der Waals surface area contributed by atoms with E-state index in [2.05, 4.69) is 6.58 Å². The van der Waals surface area contributed by atoms with Crippen molar-refractivity contribution in [3.63, 3.8) is 0 Å². The Morgan fingerprint density at radius 2 is 1.79 bits per heavy atom. The third-order valence-electron chi connectivity index (χ3n) is 5.37. The number of hydrogen-bond donors (Lipinski definition) is 1. The molecular formula is C26H23NO6. The third-order valence-corrected chi connectivity index (χ3v) is 5.37. The second-order valence-corrected chi connectivity index (χ2v) is 7.40. The molecule has 0 bridgehead atoms. The van der Waals surface area contributed by atoms with Gasteiger partial charge in [-0.25, -0.2) is 0 Å². The molecule has 7 heteroatoms. The van der Waals surface area contributed by atoms with Gasteiger partial charge in [-0.15, -0.1) is 0 Å². The van der Waals surface area contributed by atoms with Crippen LogP contribution in [0.3, 0.4) is 0 Å². The van der Waals surface area contributed by atoms with Crippen LogP contribution in [0.4, 0.5) is 0 Å². The molecule has 2 aromatic carbocycles. The number of likely N-dealkylation sites (tertiary alicyclic amines) is 1. The van der Waals surface area contributed by atoms with Crippen molar-refractivity contribution < 1.29 is 28.6 Å². The fourth-order valence-corrected chi connectivity index (χ4v) is 3.77. The number of benzene rings is 2. The van der Waals surface area contributed by atoms with Gasteiger partial charge in [-0.3, -0.25) is 9.59 Å². The molecule has 1 fully saturated rings. The molecule has 1 aromatic heterocycles. The highest BCUT2D eigenvalue weighted by Crippen LogP contribution is 2.40. The Morgan fingerprint density at radius 3 is 2.39 bits per heavy atom. The second kappa shape index (κ2) is 9.48. The van der Waals surface area contributed by atoms with E-state index in [4.69, 9.17) is 13.9 Å². The fourth-order valence-electron chi connectivity index (χ4n) is 3.77. The fraction of sp³-hybridized carbons (Fsp3) is 0.154. The molecule has 1 aliphatic heterocycles. The average molecular weight is 445 g/mol. The Labute approximate surface area is 191 Å². The number of aliphatic hydroxyl groups excluding tert-OH is 1. The molecule has 4 rings (SSSR count). The molecular weight excluding hydrogens is 422 g/mol. The van der Waals surface area contributed by atoms with Crippen LogP contribution in [0, 0.1) is 0 Å². The summed E-state index contributed by atoms with van der Waals surface area (Å²) in [6.07, 6.45) is 3.13. The summed E-state index contributed by atoms with van der Waals surface area (Å²) in [5.74, 6) is 0.0327. The van der Waals surface area contributed by atoms with Crippen molar-refractivity contribution in [3.8, 4) is 11.5 Å². The molecule has 0 aliphatic carbocycles. The summed E-state index contributed by atoms with van der Waals surface area (Å²) in [6.45, 7) is 4.04. The number of ether oxygens (including phenoxy) is 2. The lowest BCUT2D eigenvalue weighted by atomic mass is 9.95. The van der Waals surface area contributed by atoms with Crippen LogP contribution in [0.25, 0.3) is 5.76 Å². The topological polar surface area (TPSA) is 89.2 Å². The molecule has 1 unspecified atom stereocenters. The number of ketones is 1. The van der Waals surface area contributed by atoms with Crippen molar-refractivity contribution in [2.45, 2.75) is 12.6 Å². The van der Waals surface area contributed by atoms with Crippen molar-refractivity contribution in [1.82, 2.24) is 4.90 Å². The average Bonchev–Trinajstić information content (AvgIpc) is 3.45. The van der Waals surface area contributed by atoms with Crippen molar-refractivity contribution in [3.05, 3.63) is 102 Å². The van der Waals surface area contributed by atoms with Crippen molar-refractivity contribution in [2.24, 2.45) is 0 Å². The zero-order valence-electron chi connectivity index (χ0n) is 18.1. The number of carbonyl (C=O) groups excluding carboxylic acids is 2. The number of furan rings is 1. The summed E-state index contributed by atoms with van der Waals surface area (Å²) in [5.41, 5.74) is 1.07. The number of nitrogens with zero attached hydrogens (tertiary/aromatic N) is 1. The minimum atomic E-state index is -0.794. The lowest BCUT2D eigenvalue weighted by Gasteiger charge is -2.24. The predicted octanol–water partition coefficient (Wildman–Crippen LogP) is 4.47. The van der Waals surface area contributed by atoms with Gasteiger partial charge >= 0.3 is 0 Å². The summed E-state index contributed by atoms with van der Waals surface area (Å²) < 4.78 is 16.1. The van der Waals surface area contributed by atoms with Gasteiger partial charge in [-0.05, 0) is 54.1 Å². The van der Waals surface area contributed by atoms with Crippen LogP contribution in [-0.2, 0) is 16.1 Å². The smallest absolute Gasteiger partial charge is 0.296 e. The van der Waals surface area contributed by atoms with E-state index < -0.39 is 17.7 Å². The first kappa shape index (κ1) is 22.0. The highest BCUT2D eigenvalue weighted by molar-refractivity contribution is 6.46. The molecule has 1 aliphatic rings. The number of methoxy groups -OCH3 is 1. The van der Waals surface area contributed by atoms with Gasteiger partial charge in [0.25, 0.3) is 11.7 Å². The van der Waals surface area contributed by atoms with Gasteiger partial charge in [0.2, 0.25) is 0 Å². The number of carbonyl (C=O) groups is 2. The van der Waals surface area contributed by atoms with E-state index in [1.165, 1.54) is 11.2 Å². The summed E-state index contributed by atoms with van der Waals surface area (Å²) in [6, 6.07) is 16.3. The quantitative estimate of drug-likeness (QED) is 0.238. The van der Waals surface area contributed by atoms with Crippen molar-refractivity contribution in [2.75, 3.05) is 13.7 Å². The maximum absolute atomic E-state index is 13.1. The molecule has 0 spiro atoms. The Kier molecular flexibility index (Phi) is 6.31. The van der Waals surface area contributed by atoms with Crippen molar-refractivity contribution >= 4 is 17.4 Å². The first-order valence-electron chi connectivity index (χ1n) is 10.3. The minimum Gasteiger partial charge on any atom is -0.507 e. The summed E-state index contributed by atoms with van der Waals surface area (Å²) in [5, 5.41) is 11.1. The Bertz CT molecular complexity index is 1180. The number of rotatable bonds is 8. The first-order valence-corrected chi connectivity index (χ1v) is 10.3. The van der Waals surface area contributed by atoms with E-state index in [0.717, 1.165) is 0 Å². The zero-order chi connectivity index (χ0) is 23.4. The molecule has 3 aromatic rings. The van der Waals surface area contributed by atoms with E-state index in [-0.39, 0.29) is 17.9 Å². The van der Waals surface area contributed by atoms with Crippen LogP contribution in [0.15, 0.2) is 89.6 Å². The van der Waals surface area contributed by atoms with E-state index >= 15 is 0 Å². The third kappa shape index (κ3) is 4.39. The molecule has 1 amide bonds. The predicted molar refractivity (Wildman–Crippen MR) is 122 cm³/mol. The van der Waals surface area contributed by atoms with E-state index in [9.17, 15) is 14.7 Å². The first-order chi connectivity index (χ1) is 16.0. The normalized spacial score (nSPS) is 17.2. The molecule has 1 N–H and O–H groups in total. The van der Waals surface area contributed by atoms with Gasteiger partial charge in [0.05, 0.1) is 31.5 Å². The largest absolute Gasteiger partial charge is 0.507 e. The van der Waals surface area contributed by atoms with Crippen LogP contribution in [0.1, 0.15) is 22.9 Å². The maximum Gasteiger partial charge on any atom is 0.296 e. The molecule has 1 atom stereocenters. The Morgan fingerprint density at radius 1 is 1.09 bits per heavy atom. The SMILES string of the molecule is C=CCOc1ccc(/C(O)=C2\C(=O)C(=O)N(Cc3ccco3)C2c2ccc(OC)cc2)cc1. The number of Topliss-reactive ketones (excluding diaryl/α,β-unsaturated/α-hetero) is 1. The monoisotopic (exact) mass is 445 g/mol. The highest BCUT2D eigenvalue weighted by Gasteiger charge is 2.46. The Balaban J connectivity index is 1.78. The highest BCUT2D eigenvalue weighted by atomic mass is 16.5. The van der Waals surface area contributed by atoms with Crippen LogP contribution in [-0.4, -0.2) is 35.4 Å². The summed E-state index contributed by atoms with van der Waals surface area (Å²) >= 11 is 0. The van der Waals surface area contributed by atoms with Crippen LogP contribution in [0.5, 0.6) is 11.5 Å². The lowest BCUT2D eigenvalue weighted by Crippen LogP contribution is -2.29. The van der Waals surface area contributed by atoms with Gasteiger partial charge in [0, 0.05) is 5.56 Å². The molecule has 1 saturated heterocycles. The summed E-state index contributed by atoms with van der Waals surface area (Å²) in [4.78, 5) is 27.5. The van der Waals surface area contributed by atoms with Crippen LogP contribution in [0.2, 0.25) is 0 Å². The minimum absolute atomic E-state index is 0.0106. The van der Waals surface area contributed by atoms with Gasteiger partial charge in [0.15, 0.2) is 0 Å². The van der Waals surface area contributed by atoms with Gasteiger partial charge in [-0.2, -0.15) is 0 Å². The van der Waals surface area contributed by atoms with Gasteiger partial charge in [-0.1, -0.05) is 24.8 Å². The molecule has 2 heterocycles. The number of amides is 1. The summed E-state index contributed by atoms with van der Waals surface area (Å²) in [7, 11) is 1.56. The van der Waals surface area contributed by atoms with Crippen molar-refractivity contribution in [1.29, 1.82) is 0 Å². The van der Waals surface area contributed by atoms with E-state index in [0.29, 0.717) is 35.0 Å². The van der Waals surface area contributed by atoms with Crippen LogP contribution >= 0.6 is 0 Å².